The van der Waals surface area contributed by atoms with Crippen molar-refractivity contribution >= 4 is 0 Å². The second-order valence-corrected chi connectivity index (χ2v) is 3.17. The molecule has 0 aromatic carbocycles. The van der Waals surface area contributed by atoms with E-state index in [9.17, 15) is 0 Å². The van der Waals surface area contributed by atoms with E-state index in [-0.39, 0.29) is 5.60 Å². The fraction of sp³-hybridized carbons (Fsp3) is 1.00. The summed E-state index contributed by atoms with van der Waals surface area (Å²) < 4.78 is 5.59. The Morgan fingerprint density at radius 2 is 2.60 bits per heavy atom. The van der Waals surface area contributed by atoms with Crippen molar-refractivity contribution in [2.24, 2.45) is 11.7 Å². The number of fused-ring (bicyclic) bond motifs is 1. The van der Waals surface area contributed by atoms with Gasteiger partial charge >= 0.3 is 0 Å². The molecule has 0 aromatic heterocycles. The van der Waals surface area contributed by atoms with Gasteiger partial charge in [0.2, 0.25) is 0 Å². The van der Waals surface area contributed by atoms with Crippen LogP contribution in [0.4, 0.5) is 0 Å². The standard InChI is InChI=1S/C7H13N2O/c8-4-7-5-9-3-6(7)1-2-10-7/h6H,1-5,8H2. The highest BCUT2D eigenvalue weighted by Gasteiger charge is 2.47. The van der Waals surface area contributed by atoms with Crippen molar-refractivity contribution in [1.82, 2.24) is 5.32 Å². The lowest BCUT2D eigenvalue weighted by atomic mass is 9.91. The molecule has 0 bridgehead atoms. The molecule has 0 spiro atoms. The van der Waals surface area contributed by atoms with Crippen LogP contribution in [0.25, 0.3) is 0 Å². The van der Waals surface area contributed by atoms with E-state index in [2.05, 4.69) is 5.32 Å². The van der Waals surface area contributed by atoms with E-state index < -0.39 is 0 Å². The molecule has 0 aromatic rings. The number of nitrogens with two attached hydrogens (primary N) is 1. The van der Waals surface area contributed by atoms with Crippen molar-refractivity contribution < 1.29 is 4.74 Å². The van der Waals surface area contributed by atoms with Crippen LogP contribution in [0.2, 0.25) is 0 Å². The predicted octanol–water partition coefficient (Wildman–Crippen LogP) is -0.662. The lowest BCUT2D eigenvalue weighted by Gasteiger charge is -2.24. The highest BCUT2D eigenvalue weighted by molar-refractivity contribution is 5.00. The molecule has 57 valence electrons. The second-order valence-electron chi connectivity index (χ2n) is 3.17. The second kappa shape index (κ2) is 2.19. The van der Waals surface area contributed by atoms with Gasteiger partial charge in [0.25, 0.3) is 0 Å². The van der Waals surface area contributed by atoms with Crippen LogP contribution in [0.5, 0.6) is 0 Å². The van der Waals surface area contributed by atoms with Crippen molar-refractivity contribution in [2.45, 2.75) is 12.0 Å². The van der Waals surface area contributed by atoms with Gasteiger partial charge in [-0.2, -0.15) is 0 Å². The average Bonchev–Trinajstić information content (AvgIpc) is 2.42. The summed E-state index contributed by atoms with van der Waals surface area (Å²) in [6.07, 6.45) is 1.15. The lowest BCUT2D eigenvalue weighted by Crippen LogP contribution is -2.43. The van der Waals surface area contributed by atoms with Gasteiger partial charge < -0.3 is 10.5 Å². The van der Waals surface area contributed by atoms with Gasteiger partial charge in [-0.1, -0.05) is 0 Å². The molecule has 2 saturated heterocycles. The van der Waals surface area contributed by atoms with Crippen LogP contribution in [-0.2, 0) is 4.74 Å². The Morgan fingerprint density at radius 1 is 1.70 bits per heavy atom. The van der Waals surface area contributed by atoms with Crippen LogP contribution in [0.3, 0.4) is 0 Å². The normalized spacial score (nSPS) is 45.9. The summed E-state index contributed by atoms with van der Waals surface area (Å²) in [5, 5.41) is 4.31. The van der Waals surface area contributed by atoms with Crippen molar-refractivity contribution in [2.75, 3.05) is 26.2 Å². The Balaban J connectivity index is 2.15. The summed E-state index contributed by atoms with van der Waals surface area (Å²) in [4.78, 5) is 0. The number of ether oxygens (including phenoxy) is 1. The van der Waals surface area contributed by atoms with Gasteiger partial charge in [0.15, 0.2) is 0 Å². The number of rotatable bonds is 1. The molecule has 3 heteroatoms. The van der Waals surface area contributed by atoms with Gasteiger partial charge in [0.05, 0.1) is 5.60 Å². The molecular weight excluding hydrogens is 128 g/mol. The number of hydrogen-bond donors (Lipinski definition) is 1. The first-order valence-electron chi connectivity index (χ1n) is 3.85. The zero-order chi connectivity index (χ0) is 7.03. The van der Waals surface area contributed by atoms with Crippen LogP contribution in [0.1, 0.15) is 6.42 Å². The molecule has 2 fully saturated rings. The van der Waals surface area contributed by atoms with E-state index >= 15 is 0 Å². The Morgan fingerprint density at radius 3 is 3.30 bits per heavy atom. The van der Waals surface area contributed by atoms with Crippen molar-refractivity contribution in [3.05, 3.63) is 0 Å². The molecule has 2 N–H and O–H groups in total. The van der Waals surface area contributed by atoms with Crippen LogP contribution in [0, 0.1) is 5.92 Å². The molecule has 0 aliphatic carbocycles. The third-order valence-corrected chi connectivity index (χ3v) is 2.67. The maximum atomic E-state index is 5.62. The zero-order valence-corrected chi connectivity index (χ0v) is 6.05. The fourth-order valence-corrected chi connectivity index (χ4v) is 1.92. The van der Waals surface area contributed by atoms with E-state index in [4.69, 9.17) is 10.5 Å². The van der Waals surface area contributed by atoms with Gasteiger partial charge in [-0.05, 0) is 6.42 Å². The topological polar surface area (TPSA) is 49.4 Å². The third-order valence-electron chi connectivity index (χ3n) is 2.67. The molecule has 2 aliphatic rings. The van der Waals surface area contributed by atoms with Crippen molar-refractivity contribution in [3.63, 3.8) is 0 Å². The van der Waals surface area contributed by atoms with E-state index in [0.29, 0.717) is 12.5 Å². The average molecular weight is 141 g/mol. The minimum Gasteiger partial charge on any atom is -0.372 e. The molecule has 2 rings (SSSR count). The van der Waals surface area contributed by atoms with Crippen LogP contribution < -0.4 is 11.1 Å². The van der Waals surface area contributed by atoms with E-state index in [0.717, 1.165) is 26.1 Å². The largest absolute Gasteiger partial charge is 0.372 e. The molecule has 1 radical (unpaired) electrons. The molecule has 2 heterocycles. The summed E-state index contributed by atoms with van der Waals surface area (Å²) in [7, 11) is 0. The first-order valence-corrected chi connectivity index (χ1v) is 3.85. The highest BCUT2D eigenvalue weighted by atomic mass is 16.5. The molecule has 3 nitrogen and oxygen atoms in total. The Bertz CT molecular complexity index is 128. The van der Waals surface area contributed by atoms with Crippen molar-refractivity contribution in [3.8, 4) is 0 Å². The van der Waals surface area contributed by atoms with E-state index in [1.165, 1.54) is 0 Å². The van der Waals surface area contributed by atoms with Crippen LogP contribution >= 0.6 is 0 Å². The van der Waals surface area contributed by atoms with Gasteiger partial charge in [-0.3, -0.25) is 0 Å². The Labute approximate surface area is 60.9 Å². The maximum absolute atomic E-state index is 5.62. The van der Waals surface area contributed by atoms with Gasteiger partial charge in [-0.25, -0.2) is 5.32 Å². The first-order chi connectivity index (χ1) is 4.87. The van der Waals surface area contributed by atoms with Gasteiger partial charge in [0.1, 0.15) is 0 Å². The zero-order valence-electron chi connectivity index (χ0n) is 6.05. The number of hydrogen-bond acceptors (Lipinski definition) is 2. The van der Waals surface area contributed by atoms with E-state index in [1.807, 2.05) is 0 Å². The molecule has 2 unspecified atom stereocenters. The molecule has 0 amide bonds. The molecule has 0 saturated carbocycles. The SMILES string of the molecule is NCC12C[N]CC1CCO2. The third kappa shape index (κ3) is 0.713. The smallest absolute Gasteiger partial charge is 0.0985 e. The number of nitrogens with zero attached hydrogens (tertiary/aromatic N) is 1. The Hall–Kier alpha value is -0.120. The van der Waals surface area contributed by atoms with Crippen LogP contribution in [-0.4, -0.2) is 31.8 Å². The lowest BCUT2D eigenvalue weighted by molar-refractivity contribution is 0.0109. The quantitative estimate of drug-likeness (QED) is 0.527. The molecule has 10 heavy (non-hydrogen) atoms. The minimum absolute atomic E-state index is 0.0417. The highest BCUT2D eigenvalue weighted by Crippen LogP contribution is 2.34. The summed E-state index contributed by atoms with van der Waals surface area (Å²) in [5.74, 6) is 0.623. The van der Waals surface area contributed by atoms with Crippen molar-refractivity contribution in [1.29, 1.82) is 0 Å². The summed E-state index contributed by atoms with van der Waals surface area (Å²) in [6.45, 7) is 3.32. The molecule has 2 atom stereocenters. The maximum Gasteiger partial charge on any atom is 0.0985 e. The Kier molecular flexibility index (Phi) is 1.44. The van der Waals surface area contributed by atoms with Crippen LogP contribution in [0.15, 0.2) is 0 Å². The molecule has 2 aliphatic heterocycles. The van der Waals surface area contributed by atoms with E-state index in [1.54, 1.807) is 0 Å². The summed E-state index contributed by atoms with van der Waals surface area (Å²) >= 11 is 0. The molecular formula is C7H13N2O. The summed E-state index contributed by atoms with van der Waals surface area (Å²) in [6, 6.07) is 0. The predicted molar refractivity (Wildman–Crippen MR) is 37.7 cm³/mol. The first kappa shape index (κ1) is 6.58. The van der Waals surface area contributed by atoms with Gasteiger partial charge in [0, 0.05) is 32.2 Å². The summed E-state index contributed by atoms with van der Waals surface area (Å²) in [5.41, 5.74) is 5.58. The monoisotopic (exact) mass is 141 g/mol. The van der Waals surface area contributed by atoms with Gasteiger partial charge in [-0.15, -0.1) is 0 Å². The fourth-order valence-electron chi connectivity index (χ4n) is 1.92. The minimum atomic E-state index is -0.0417.